The Morgan fingerprint density at radius 2 is 0.842 bits per heavy atom. The van der Waals surface area contributed by atoms with Crippen LogP contribution in [0.5, 0.6) is 0 Å². The summed E-state index contributed by atoms with van der Waals surface area (Å²) in [4.78, 5) is 0. The van der Waals surface area contributed by atoms with Gasteiger partial charge in [0.1, 0.15) is 16.1 Å². The molecule has 2 heteroatoms. The molecule has 0 aliphatic heterocycles. The minimum atomic E-state index is -1.68. The van der Waals surface area contributed by atoms with Crippen molar-refractivity contribution in [1.29, 1.82) is 0 Å². The highest BCUT2D eigenvalue weighted by Crippen LogP contribution is 2.36. The molecule has 0 fully saturated rings. The maximum Gasteiger partial charge on any atom is 0.135 e. The van der Waals surface area contributed by atoms with Crippen LogP contribution < -0.4 is 0 Å². The predicted molar refractivity (Wildman–Crippen MR) is 175 cm³/mol. The van der Waals surface area contributed by atoms with E-state index in [0.717, 1.165) is 11.1 Å². The van der Waals surface area contributed by atoms with Gasteiger partial charge < -0.3 is 0 Å². The van der Waals surface area contributed by atoms with E-state index in [4.69, 9.17) is 0 Å². The van der Waals surface area contributed by atoms with Crippen LogP contribution in [0.15, 0.2) is 72.8 Å². The van der Waals surface area contributed by atoms with Crippen molar-refractivity contribution in [2.45, 2.75) is 65.0 Å². The summed E-state index contributed by atoms with van der Waals surface area (Å²) in [7, 11) is -3.36. The monoisotopic (exact) mass is 526 g/mol. The Labute approximate surface area is 230 Å². The summed E-state index contributed by atoms with van der Waals surface area (Å²) in [5.74, 6) is 7.49. The van der Waals surface area contributed by atoms with E-state index >= 15 is 0 Å². The Balaban J connectivity index is 1.94. The van der Waals surface area contributed by atoms with Crippen LogP contribution in [0.3, 0.4) is 0 Å². The number of hydrogen-bond acceptors (Lipinski definition) is 0. The average Bonchev–Trinajstić information content (AvgIpc) is 2.88. The summed E-state index contributed by atoms with van der Waals surface area (Å²) in [5.41, 5.74) is 11.1. The highest BCUT2D eigenvalue weighted by molar-refractivity contribution is 6.86. The Bertz CT molecular complexity index is 1700. The number of benzene rings is 5. The molecule has 190 valence electrons. The number of rotatable bonds is 2. The van der Waals surface area contributed by atoms with Crippen LogP contribution in [-0.4, -0.2) is 16.1 Å². The highest BCUT2D eigenvalue weighted by atomic mass is 28.3. The van der Waals surface area contributed by atoms with Crippen molar-refractivity contribution < 1.29 is 0 Å². The molecular formula is C36H38Si2. The van der Waals surface area contributed by atoms with Gasteiger partial charge in [0.2, 0.25) is 0 Å². The molecular weight excluding hydrogens is 489 g/mol. The lowest BCUT2D eigenvalue weighted by atomic mass is 9.90. The fourth-order valence-corrected chi connectivity index (χ4v) is 6.09. The van der Waals surface area contributed by atoms with Gasteiger partial charge in [-0.1, -0.05) is 114 Å². The second-order valence-electron chi connectivity index (χ2n) is 12.5. The summed E-state index contributed by atoms with van der Waals surface area (Å²) < 4.78 is 0. The first-order valence-corrected chi connectivity index (χ1v) is 20.0. The van der Waals surface area contributed by atoms with Gasteiger partial charge in [0, 0.05) is 11.1 Å². The maximum absolute atomic E-state index is 3.79. The topological polar surface area (TPSA) is 0 Å². The molecule has 0 N–H and O–H groups in total. The van der Waals surface area contributed by atoms with Gasteiger partial charge in [-0.05, 0) is 78.4 Å². The first-order chi connectivity index (χ1) is 18.0. The second kappa shape index (κ2) is 9.78. The zero-order valence-electron chi connectivity index (χ0n) is 24.1. The smallest absolute Gasteiger partial charge is 0.126 e. The minimum Gasteiger partial charge on any atom is -0.126 e. The van der Waals surface area contributed by atoms with E-state index in [9.17, 15) is 0 Å². The van der Waals surface area contributed by atoms with Gasteiger partial charge in [-0.25, -0.2) is 0 Å². The Hall–Kier alpha value is -3.31. The van der Waals surface area contributed by atoms with Crippen molar-refractivity contribution in [2.24, 2.45) is 0 Å². The SMILES string of the molecule is CC(C)[Si](C)(C)C#Cc1c2ccccc2c(C#C[Si](C)(C)C(C)C)c2cc3cc4ccccc4cc3cc12. The Morgan fingerprint density at radius 3 is 1.21 bits per heavy atom. The van der Waals surface area contributed by atoms with Crippen LogP contribution in [-0.2, 0) is 0 Å². The van der Waals surface area contributed by atoms with Crippen LogP contribution >= 0.6 is 0 Å². The first-order valence-electron chi connectivity index (χ1n) is 13.9. The van der Waals surface area contributed by atoms with Crippen molar-refractivity contribution in [3.63, 3.8) is 0 Å². The molecule has 5 rings (SSSR count). The second-order valence-corrected chi connectivity index (χ2v) is 22.2. The van der Waals surface area contributed by atoms with Crippen LogP contribution in [0.1, 0.15) is 38.8 Å². The van der Waals surface area contributed by atoms with Gasteiger partial charge in [-0.2, -0.15) is 0 Å². The van der Waals surface area contributed by atoms with Gasteiger partial charge in [0.05, 0.1) is 0 Å². The average molecular weight is 527 g/mol. The number of hydrogen-bond donors (Lipinski definition) is 0. The fraction of sp³-hybridized carbons (Fsp3) is 0.278. The van der Waals surface area contributed by atoms with E-state index in [1.54, 1.807) is 0 Å². The van der Waals surface area contributed by atoms with E-state index in [1.165, 1.54) is 43.1 Å². The van der Waals surface area contributed by atoms with Crippen molar-refractivity contribution in [3.05, 3.63) is 83.9 Å². The molecule has 0 amide bonds. The molecule has 5 aromatic rings. The zero-order chi connectivity index (χ0) is 27.2. The summed E-state index contributed by atoms with van der Waals surface area (Å²) in [6.45, 7) is 18.8. The van der Waals surface area contributed by atoms with Crippen molar-refractivity contribution >= 4 is 59.2 Å². The molecule has 0 aliphatic rings. The molecule has 0 aliphatic carbocycles. The Morgan fingerprint density at radius 1 is 0.474 bits per heavy atom. The van der Waals surface area contributed by atoms with Crippen molar-refractivity contribution in [2.75, 3.05) is 0 Å². The van der Waals surface area contributed by atoms with Crippen molar-refractivity contribution in [1.82, 2.24) is 0 Å². The quantitative estimate of drug-likeness (QED) is 0.122. The lowest BCUT2D eigenvalue weighted by molar-refractivity contribution is 1.03. The molecule has 0 radical (unpaired) electrons. The first kappa shape index (κ1) is 26.3. The lowest BCUT2D eigenvalue weighted by Gasteiger charge is -2.20. The molecule has 5 aromatic carbocycles. The molecule has 0 saturated heterocycles. The lowest BCUT2D eigenvalue weighted by Crippen LogP contribution is -2.27. The molecule has 0 heterocycles. The van der Waals surface area contributed by atoms with Gasteiger partial charge >= 0.3 is 0 Å². The Kier molecular flexibility index (Phi) is 6.77. The van der Waals surface area contributed by atoms with Crippen LogP contribution in [0.2, 0.25) is 37.3 Å². The van der Waals surface area contributed by atoms with Gasteiger partial charge in [0.25, 0.3) is 0 Å². The third kappa shape index (κ3) is 4.80. The molecule has 38 heavy (non-hydrogen) atoms. The molecule has 0 spiro atoms. The standard InChI is InChI=1S/C36H38Si2/c1-25(2)37(5,6)19-17-33-31-15-11-12-16-32(31)34(18-20-38(7,8)26(3)4)36-24-30-22-28-14-10-9-13-27(28)21-29(30)23-35(33)36/h9-16,21-26H,1-8H3. The molecule has 0 bridgehead atoms. The molecule has 0 atom stereocenters. The third-order valence-corrected chi connectivity index (χ3v) is 16.1. The summed E-state index contributed by atoms with van der Waals surface area (Å²) in [5, 5.41) is 9.93. The fourth-order valence-electron chi connectivity index (χ4n) is 4.62. The summed E-state index contributed by atoms with van der Waals surface area (Å²) in [6, 6.07) is 26.8. The summed E-state index contributed by atoms with van der Waals surface area (Å²) in [6.07, 6.45) is 0. The van der Waals surface area contributed by atoms with E-state index in [1.807, 2.05) is 0 Å². The minimum absolute atomic E-state index is 0.605. The number of fused-ring (bicyclic) bond motifs is 4. The molecule has 0 unspecified atom stereocenters. The van der Waals surface area contributed by atoms with Gasteiger partial charge in [0.15, 0.2) is 0 Å². The molecule has 0 aromatic heterocycles. The van der Waals surface area contributed by atoms with E-state index in [-0.39, 0.29) is 0 Å². The molecule has 0 saturated carbocycles. The predicted octanol–water partition coefficient (Wildman–Crippen LogP) is 10.3. The summed E-state index contributed by atoms with van der Waals surface area (Å²) >= 11 is 0. The van der Waals surface area contributed by atoms with Gasteiger partial charge in [-0.3, -0.25) is 0 Å². The van der Waals surface area contributed by atoms with Crippen LogP contribution in [0.25, 0.3) is 43.1 Å². The van der Waals surface area contributed by atoms with E-state index < -0.39 is 16.1 Å². The largest absolute Gasteiger partial charge is 0.135 e. The van der Waals surface area contributed by atoms with E-state index in [0.29, 0.717) is 11.1 Å². The third-order valence-electron chi connectivity index (χ3n) is 8.75. The van der Waals surface area contributed by atoms with Crippen LogP contribution in [0.4, 0.5) is 0 Å². The maximum atomic E-state index is 3.79. The van der Waals surface area contributed by atoms with Crippen LogP contribution in [0, 0.1) is 22.9 Å². The van der Waals surface area contributed by atoms with Gasteiger partial charge in [-0.15, -0.1) is 11.1 Å². The highest BCUT2D eigenvalue weighted by Gasteiger charge is 2.24. The van der Waals surface area contributed by atoms with Crippen molar-refractivity contribution in [3.8, 4) is 22.9 Å². The van der Waals surface area contributed by atoms with E-state index in [2.05, 4.69) is 150 Å². The normalized spacial score (nSPS) is 12.3. The molecule has 0 nitrogen and oxygen atoms in total. The zero-order valence-corrected chi connectivity index (χ0v) is 26.1.